The van der Waals surface area contributed by atoms with Crippen LogP contribution in [0.5, 0.6) is 5.75 Å². The van der Waals surface area contributed by atoms with Crippen LogP contribution in [0.3, 0.4) is 0 Å². The number of para-hydroxylation sites is 1. The van der Waals surface area contributed by atoms with E-state index in [2.05, 4.69) is 10.3 Å². The van der Waals surface area contributed by atoms with Gasteiger partial charge in [-0.3, -0.25) is 4.79 Å². The SMILES string of the molecule is N#CCn1nnc(C=O)c1CCCOc1ccccc1. The largest absolute Gasteiger partial charge is 0.494 e. The Bertz CT molecular complexity index is 601. The van der Waals surface area contributed by atoms with E-state index in [9.17, 15) is 4.79 Å². The topological polar surface area (TPSA) is 80.8 Å². The summed E-state index contributed by atoms with van der Waals surface area (Å²) in [6.07, 6.45) is 1.97. The predicted molar refractivity (Wildman–Crippen MR) is 71.3 cm³/mol. The van der Waals surface area contributed by atoms with Gasteiger partial charge < -0.3 is 4.74 Å². The van der Waals surface area contributed by atoms with Crippen LogP contribution in [-0.2, 0) is 13.0 Å². The minimum Gasteiger partial charge on any atom is -0.494 e. The smallest absolute Gasteiger partial charge is 0.172 e. The number of nitrogens with zero attached hydrogens (tertiary/aromatic N) is 4. The molecule has 6 nitrogen and oxygen atoms in total. The third-order valence-corrected chi connectivity index (χ3v) is 2.77. The molecule has 0 N–H and O–H groups in total. The molecule has 1 heterocycles. The molecule has 2 rings (SSSR count). The first-order valence-electron chi connectivity index (χ1n) is 6.27. The fourth-order valence-electron chi connectivity index (χ4n) is 1.84. The summed E-state index contributed by atoms with van der Waals surface area (Å²) in [5.74, 6) is 0.812. The number of hydrogen-bond donors (Lipinski definition) is 0. The lowest BCUT2D eigenvalue weighted by atomic mass is 10.2. The lowest BCUT2D eigenvalue weighted by Crippen LogP contribution is -2.07. The Kier molecular flexibility index (Phi) is 4.84. The molecule has 102 valence electrons. The number of ether oxygens (including phenoxy) is 1. The van der Waals surface area contributed by atoms with E-state index in [1.165, 1.54) is 4.68 Å². The first-order valence-corrected chi connectivity index (χ1v) is 6.27. The van der Waals surface area contributed by atoms with Gasteiger partial charge in [0.15, 0.2) is 6.29 Å². The normalized spacial score (nSPS) is 9.95. The average molecular weight is 270 g/mol. The molecule has 0 bridgehead atoms. The van der Waals surface area contributed by atoms with Gasteiger partial charge in [-0.05, 0) is 25.0 Å². The minimum atomic E-state index is 0.0930. The third-order valence-electron chi connectivity index (χ3n) is 2.77. The first-order chi connectivity index (χ1) is 9.85. The molecule has 0 aliphatic heterocycles. The Hall–Kier alpha value is -2.68. The van der Waals surface area contributed by atoms with E-state index in [-0.39, 0.29) is 6.54 Å². The van der Waals surface area contributed by atoms with Gasteiger partial charge in [0.2, 0.25) is 0 Å². The molecule has 2 aromatic rings. The van der Waals surface area contributed by atoms with Crippen LogP contribution in [-0.4, -0.2) is 27.9 Å². The fraction of sp³-hybridized carbons (Fsp3) is 0.286. The summed E-state index contributed by atoms with van der Waals surface area (Å²) in [4.78, 5) is 10.9. The highest BCUT2D eigenvalue weighted by Gasteiger charge is 2.11. The zero-order valence-corrected chi connectivity index (χ0v) is 10.9. The highest BCUT2D eigenvalue weighted by molar-refractivity contribution is 5.73. The molecular weight excluding hydrogens is 256 g/mol. The highest BCUT2D eigenvalue weighted by atomic mass is 16.5. The van der Waals surface area contributed by atoms with E-state index in [0.29, 0.717) is 37.1 Å². The van der Waals surface area contributed by atoms with Gasteiger partial charge in [-0.25, -0.2) is 4.68 Å². The van der Waals surface area contributed by atoms with Gasteiger partial charge >= 0.3 is 0 Å². The van der Waals surface area contributed by atoms with Crippen molar-refractivity contribution < 1.29 is 9.53 Å². The molecule has 0 unspecified atom stereocenters. The van der Waals surface area contributed by atoms with E-state index in [1.807, 2.05) is 36.4 Å². The summed E-state index contributed by atoms with van der Waals surface area (Å²) in [5.41, 5.74) is 0.971. The summed E-state index contributed by atoms with van der Waals surface area (Å²) in [7, 11) is 0. The molecule has 0 radical (unpaired) electrons. The number of nitriles is 1. The van der Waals surface area contributed by atoms with E-state index >= 15 is 0 Å². The van der Waals surface area contributed by atoms with E-state index < -0.39 is 0 Å². The van der Waals surface area contributed by atoms with Crippen molar-refractivity contribution in [1.29, 1.82) is 5.26 Å². The van der Waals surface area contributed by atoms with Gasteiger partial charge in [-0.1, -0.05) is 23.4 Å². The molecule has 0 aliphatic carbocycles. The van der Waals surface area contributed by atoms with Crippen LogP contribution >= 0.6 is 0 Å². The lowest BCUT2D eigenvalue weighted by molar-refractivity contribution is 0.111. The molecule has 0 saturated heterocycles. The first kappa shape index (κ1) is 13.7. The maximum Gasteiger partial charge on any atom is 0.172 e. The highest BCUT2D eigenvalue weighted by Crippen LogP contribution is 2.10. The van der Waals surface area contributed by atoms with Crippen LogP contribution < -0.4 is 4.74 Å². The third kappa shape index (κ3) is 3.42. The van der Waals surface area contributed by atoms with Crippen LogP contribution in [0.4, 0.5) is 0 Å². The number of rotatable bonds is 7. The van der Waals surface area contributed by atoms with Gasteiger partial charge in [0.1, 0.15) is 18.0 Å². The summed E-state index contributed by atoms with van der Waals surface area (Å²) in [6.45, 7) is 0.621. The zero-order valence-electron chi connectivity index (χ0n) is 10.9. The lowest BCUT2D eigenvalue weighted by Gasteiger charge is -2.06. The van der Waals surface area contributed by atoms with Crippen LogP contribution in [0.2, 0.25) is 0 Å². The van der Waals surface area contributed by atoms with Gasteiger partial charge in [-0.15, -0.1) is 5.10 Å². The molecule has 0 spiro atoms. The summed E-state index contributed by atoms with van der Waals surface area (Å²) < 4.78 is 7.02. The number of aromatic nitrogens is 3. The van der Waals surface area contributed by atoms with Crippen molar-refractivity contribution in [3.8, 4) is 11.8 Å². The molecule has 0 saturated carbocycles. The van der Waals surface area contributed by atoms with Crippen molar-refractivity contribution in [1.82, 2.24) is 15.0 Å². The van der Waals surface area contributed by atoms with E-state index in [4.69, 9.17) is 10.00 Å². The van der Waals surface area contributed by atoms with E-state index in [1.54, 1.807) is 0 Å². The maximum absolute atomic E-state index is 10.9. The maximum atomic E-state index is 10.9. The molecule has 0 fully saturated rings. The van der Waals surface area contributed by atoms with Crippen molar-refractivity contribution in [2.45, 2.75) is 19.4 Å². The number of aldehydes is 1. The minimum absolute atomic E-state index is 0.0930. The second-order valence-electron chi connectivity index (χ2n) is 4.12. The van der Waals surface area contributed by atoms with Crippen molar-refractivity contribution >= 4 is 6.29 Å². The average Bonchev–Trinajstić information content (AvgIpc) is 2.87. The number of hydrogen-bond acceptors (Lipinski definition) is 5. The van der Waals surface area contributed by atoms with Crippen LogP contribution in [0.25, 0.3) is 0 Å². The van der Waals surface area contributed by atoms with Crippen molar-refractivity contribution in [2.75, 3.05) is 6.61 Å². The second kappa shape index (κ2) is 7.04. The Morgan fingerprint density at radius 1 is 1.35 bits per heavy atom. The Balaban J connectivity index is 1.89. The quantitative estimate of drug-likeness (QED) is 0.564. The van der Waals surface area contributed by atoms with Gasteiger partial charge in [0, 0.05) is 0 Å². The molecule has 0 amide bonds. The molecule has 0 atom stereocenters. The van der Waals surface area contributed by atoms with Gasteiger partial charge in [-0.2, -0.15) is 5.26 Å². The van der Waals surface area contributed by atoms with Gasteiger partial charge in [0.25, 0.3) is 0 Å². The fourth-order valence-corrected chi connectivity index (χ4v) is 1.84. The second-order valence-corrected chi connectivity index (χ2v) is 4.12. The molecule has 1 aromatic heterocycles. The molecule has 0 aliphatic rings. The van der Waals surface area contributed by atoms with Crippen LogP contribution in [0.1, 0.15) is 22.6 Å². The molecule has 20 heavy (non-hydrogen) atoms. The standard InChI is InChI=1S/C14H14N4O2/c15-8-9-18-14(13(11-19)16-17-18)7-4-10-20-12-5-2-1-3-6-12/h1-3,5-6,11H,4,7,9-10H2. The van der Waals surface area contributed by atoms with Crippen molar-refractivity contribution in [3.63, 3.8) is 0 Å². The number of carbonyl (C=O) groups excluding carboxylic acids is 1. The monoisotopic (exact) mass is 270 g/mol. The van der Waals surface area contributed by atoms with Crippen LogP contribution in [0.15, 0.2) is 30.3 Å². The number of carbonyl (C=O) groups is 1. The van der Waals surface area contributed by atoms with Crippen molar-refractivity contribution in [3.05, 3.63) is 41.7 Å². The van der Waals surface area contributed by atoms with Crippen LogP contribution in [0, 0.1) is 11.3 Å². The summed E-state index contributed by atoms with van der Waals surface area (Å²) in [5, 5.41) is 16.2. The molecule has 6 heteroatoms. The predicted octanol–water partition coefficient (Wildman–Crippen LogP) is 1.63. The Labute approximate surface area is 116 Å². The Morgan fingerprint density at radius 2 is 2.15 bits per heavy atom. The van der Waals surface area contributed by atoms with Crippen molar-refractivity contribution in [2.24, 2.45) is 0 Å². The number of benzene rings is 1. The van der Waals surface area contributed by atoms with E-state index in [0.717, 1.165) is 5.75 Å². The summed E-state index contributed by atoms with van der Waals surface area (Å²) in [6, 6.07) is 11.5. The zero-order chi connectivity index (χ0) is 14.2. The molecular formula is C14H14N4O2. The summed E-state index contributed by atoms with van der Waals surface area (Å²) >= 11 is 0. The molecule has 1 aromatic carbocycles. The Morgan fingerprint density at radius 3 is 2.85 bits per heavy atom. The van der Waals surface area contributed by atoms with Gasteiger partial charge in [0.05, 0.1) is 18.4 Å².